The van der Waals surface area contributed by atoms with Gasteiger partial charge in [-0.15, -0.1) is 0 Å². The summed E-state index contributed by atoms with van der Waals surface area (Å²) in [4.78, 5) is 22.5. The predicted molar refractivity (Wildman–Crippen MR) is 75.2 cm³/mol. The maximum Gasteiger partial charge on any atom is 0.337 e. The molecular formula is C15H16O6. The molecule has 1 N–H and O–H groups in total. The Hall–Kier alpha value is -2.34. The topological polar surface area (TPSA) is 86.0 Å². The van der Waals surface area contributed by atoms with Crippen molar-refractivity contribution in [2.75, 3.05) is 13.7 Å². The lowest BCUT2D eigenvalue weighted by Crippen LogP contribution is -2.37. The Balaban J connectivity index is 2.04. The van der Waals surface area contributed by atoms with Crippen LogP contribution in [0.5, 0.6) is 5.75 Å². The summed E-state index contributed by atoms with van der Waals surface area (Å²) in [6.07, 6.45) is 0.0798. The first-order valence-electron chi connectivity index (χ1n) is 6.40. The molecular weight excluding hydrogens is 276 g/mol. The van der Waals surface area contributed by atoms with Crippen molar-refractivity contribution in [1.82, 2.24) is 0 Å². The number of hydrogen-bond acceptors (Lipinski definition) is 6. The zero-order valence-electron chi connectivity index (χ0n) is 11.8. The van der Waals surface area contributed by atoms with E-state index in [0.29, 0.717) is 11.3 Å². The Bertz CT molecular complexity index is 701. The molecule has 2 aromatic rings. The predicted octanol–water partition coefficient (Wildman–Crippen LogP) is 1.49. The number of benzene rings is 1. The second-order valence-corrected chi connectivity index (χ2v) is 4.82. The maximum atomic E-state index is 11.3. The van der Waals surface area contributed by atoms with Gasteiger partial charge in [0.25, 0.3) is 0 Å². The Labute approximate surface area is 120 Å². The van der Waals surface area contributed by atoms with Gasteiger partial charge in [0.1, 0.15) is 11.3 Å². The van der Waals surface area contributed by atoms with Gasteiger partial charge in [0.2, 0.25) is 0 Å². The maximum absolute atomic E-state index is 11.3. The van der Waals surface area contributed by atoms with Gasteiger partial charge in [-0.05, 0) is 25.1 Å². The Kier molecular flexibility index (Phi) is 4.28. The standard InChI is InChI=1S/C15H16O6/c1-15(18,14(17)19-2)7-8-20-11-5-3-10-4-6-13(16)21-12(10)9-11/h3-6,9,18H,7-8H2,1-2H3. The molecule has 0 fully saturated rings. The largest absolute Gasteiger partial charge is 0.493 e. The van der Waals surface area contributed by atoms with E-state index in [1.807, 2.05) is 0 Å². The van der Waals surface area contributed by atoms with Crippen LogP contribution in [0.15, 0.2) is 39.5 Å². The first-order valence-corrected chi connectivity index (χ1v) is 6.40. The van der Waals surface area contributed by atoms with Crippen LogP contribution in [-0.2, 0) is 9.53 Å². The number of aliphatic hydroxyl groups is 1. The summed E-state index contributed by atoms with van der Waals surface area (Å²) in [5.41, 5.74) is -1.62. The van der Waals surface area contributed by atoms with Crippen LogP contribution in [0, 0.1) is 0 Å². The van der Waals surface area contributed by atoms with Crippen LogP contribution in [0.25, 0.3) is 11.0 Å². The molecule has 0 aliphatic carbocycles. The summed E-state index contributed by atoms with van der Waals surface area (Å²) in [6.45, 7) is 1.48. The van der Waals surface area contributed by atoms with Crippen molar-refractivity contribution in [3.05, 3.63) is 40.8 Å². The number of ether oxygens (including phenoxy) is 2. The van der Waals surface area contributed by atoms with Gasteiger partial charge in [-0.3, -0.25) is 0 Å². The third kappa shape index (κ3) is 3.61. The smallest absolute Gasteiger partial charge is 0.337 e. The number of esters is 1. The fourth-order valence-electron chi connectivity index (χ4n) is 1.82. The number of hydrogen-bond donors (Lipinski definition) is 1. The highest BCUT2D eigenvalue weighted by Gasteiger charge is 2.31. The fraction of sp³-hybridized carbons (Fsp3) is 0.333. The highest BCUT2D eigenvalue weighted by Crippen LogP contribution is 2.20. The van der Waals surface area contributed by atoms with Crippen LogP contribution in [0.2, 0.25) is 0 Å². The van der Waals surface area contributed by atoms with Crippen molar-refractivity contribution in [2.45, 2.75) is 18.9 Å². The normalized spacial score (nSPS) is 13.7. The van der Waals surface area contributed by atoms with Crippen molar-refractivity contribution in [2.24, 2.45) is 0 Å². The van der Waals surface area contributed by atoms with Gasteiger partial charge in [-0.1, -0.05) is 0 Å². The number of methoxy groups -OCH3 is 1. The summed E-state index contributed by atoms with van der Waals surface area (Å²) >= 11 is 0. The van der Waals surface area contributed by atoms with Gasteiger partial charge in [-0.25, -0.2) is 9.59 Å². The van der Waals surface area contributed by atoms with Crippen LogP contribution in [-0.4, -0.2) is 30.4 Å². The average Bonchev–Trinajstić information content (AvgIpc) is 2.45. The zero-order valence-corrected chi connectivity index (χ0v) is 11.8. The molecule has 0 saturated heterocycles. The monoisotopic (exact) mass is 292 g/mol. The van der Waals surface area contributed by atoms with E-state index in [9.17, 15) is 14.7 Å². The lowest BCUT2D eigenvalue weighted by molar-refractivity contribution is -0.161. The summed E-state index contributed by atoms with van der Waals surface area (Å²) in [5.74, 6) is -0.229. The van der Waals surface area contributed by atoms with E-state index in [1.165, 1.54) is 20.1 Å². The zero-order chi connectivity index (χ0) is 15.5. The van der Waals surface area contributed by atoms with E-state index in [4.69, 9.17) is 9.15 Å². The lowest BCUT2D eigenvalue weighted by atomic mass is 10.0. The highest BCUT2D eigenvalue weighted by molar-refractivity contribution is 5.78. The number of carbonyl (C=O) groups is 1. The molecule has 1 heterocycles. The number of fused-ring (bicyclic) bond motifs is 1. The third-order valence-corrected chi connectivity index (χ3v) is 3.08. The highest BCUT2D eigenvalue weighted by atomic mass is 16.5. The van der Waals surface area contributed by atoms with Gasteiger partial charge in [0.15, 0.2) is 5.60 Å². The molecule has 1 aromatic carbocycles. The lowest BCUT2D eigenvalue weighted by Gasteiger charge is -2.20. The van der Waals surface area contributed by atoms with E-state index in [0.717, 1.165) is 5.39 Å². The minimum atomic E-state index is -1.60. The molecule has 21 heavy (non-hydrogen) atoms. The summed E-state index contributed by atoms with van der Waals surface area (Å²) in [7, 11) is 1.21. The van der Waals surface area contributed by atoms with E-state index in [1.54, 1.807) is 24.3 Å². The van der Waals surface area contributed by atoms with Crippen LogP contribution in [0.3, 0.4) is 0 Å². The van der Waals surface area contributed by atoms with E-state index in [-0.39, 0.29) is 13.0 Å². The van der Waals surface area contributed by atoms with Gasteiger partial charge < -0.3 is 19.0 Å². The van der Waals surface area contributed by atoms with E-state index in [2.05, 4.69) is 4.74 Å². The van der Waals surface area contributed by atoms with Crippen molar-refractivity contribution >= 4 is 16.9 Å². The fourth-order valence-corrected chi connectivity index (χ4v) is 1.82. The van der Waals surface area contributed by atoms with Gasteiger partial charge in [-0.2, -0.15) is 0 Å². The van der Waals surface area contributed by atoms with Crippen molar-refractivity contribution < 1.29 is 23.8 Å². The Morgan fingerprint density at radius 1 is 1.33 bits per heavy atom. The second-order valence-electron chi connectivity index (χ2n) is 4.82. The minimum Gasteiger partial charge on any atom is -0.493 e. The van der Waals surface area contributed by atoms with Crippen LogP contribution in [0.1, 0.15) is 13.3 Å². The second kappa shape index (κ2) is 5.97. The molecule has 6 heteroatoms. The van der Waals surface area contributed by atoms with Gasteiger partial charge in [0.05, 0.1) is 13.7 Å². The molecule has 1 atom stereocenters. The molecule has 1 aromatic heterocycles. The number of carbonyl (C=O) groups excluding carboxylic acids is 1. The van der Waals surface area contributed by atoms with Gasteiger partial charge in [0, 0.05) is 23.9 Å². The molecule has 0 aliphatic heterocycles. The van der Waals surface area contributed by atoms with Crippen molar-refractivity contribution in [1.29, 1.82) is 0 Å². The minimum absolute atomic E-state index is 0.0798. The molecule has 0 saturated carbocycles. The molecule has 0 radical (unpaired) electrons. The molecule has 1 unspecified atom stereocenters. The third-order valence-electron chi connectivity index (χ3n) is 3.08. The molecule has 112 valence electrons. The molecule has 0 bridgehead atoms. The SMILES string of the molecule is COC(=O)C(C)(O)CCOc1ccc2ccc(=O)oc2c1. The quantitative estimate of drug-likeness (QED) is 0.663. The summed E-state index contributed by atoms with van der Waals surface area (Å²) in [6, 6.07) is 8.06. The Morgan fingerprint density at radius 3 is 2.76 bits per heavy atom. The van der Waals surface area contributed by atoms with Crippen molar-refractivity contribution in [3.8, 4) is 5.75 Å². The number of rotatable bonds is 5. The molecule has 2 rings (SSSR count). The first-order chi connectivity index (χ1) is 9.92. The molecule has 0 spiro atoms. The van der Waals surface area contributed by atoms with Crippen LogP contribution >= 0.6 is 0 Å². The van der Waals surface area contributed by atoms with Gasteiger partial charge >= 0.3 is 11.6 Å². The van der Waals surface area contributed by atoms with E-state index < -0.39 is 17.2 Å². The molecule has 6 nitrogen and oxygen atoms in total. The van der Waals surface area contributed by atoms with Crippen LogP contribution in [0.4, 0.5) is 0 Å². The molecule has 0 amide bonds. The first kappa shape index (κ1) is 15.1. The van der Waals surface area contributed by atoms with E-state index >= 15 is 0 Å². The average molecular weight is 292 g/mol. The summed E-state index contributed by atoms with van der Waals surface area (Å²) < 4.78 is 15.0. The van der Waals surface area contributed by atoms with Crippen LogP contribution < -0.4 is 10.4 Å². The van der Waals surface area contributed by atoms with Crippen molar-refractivity contribution in [3.63, 3.8) is 0 Å². The summed E-state index contributed by atoms with van der Waals surface area (Å²) in [5, 5.41) is 10.6. The Morgan fingerprint density at radius 2 is 2.05 bits per heavy atom. The molecule has 0 aliphatic rings.